The Morgan fingerprint density at radius 3 is 2.84 bits per heavy atom. The average molecular weight is 602 g/mol. The molecule has 11 nitrogen and oxygen atoms in total. The zero-order valence-electron chi connectivity index (χ0n) is 25.2. The molecule has 3 aliphatic heterocycles. The summed E-state index contributed by atoms with van der Waals surface area (Å²) in [4.78, 5) is 16.2. The molecule has 43 heavy (non-hydrogen) atoms. The number of nitrogen functional groups attached to an aromatic ring is 1. The van der Waals surface area contributed by atoms with E-state index >= 15 is 0 Å². The molecule has 0 aliphatic carbocycles. The summed E-state index contributed by atoms with van der Waals surface area (Å²) in [5.41, 5.74) is 9.99. The van der Waals surface area contributed by atoms with E-state index in [1.807, 2.05) is 10.9 Å². The number of hydrogen-bond acceptors (Lipinski definition) is 11. The minimum absolute atomic E-state index is 0.260. The lowest BCUT2D eigenvalue weighted by Crippen LogP contribution is -2.35. The van der Waals surface area contributed by atoms with Gasteiger partial charge < -0.3 is 24.8 Å². The van der Waals surface area contributed by atoms with Gasteiger partial charge in [0.25, 0.3) is 0 Å². The van der Waals surface area contributed by atoms with E-state index in [9.17, 15) is 5.26 Å². The molecule has 3 atom stereocenters. The fourth-order valence-electron chi connectivity index (χ4n) is 7.10. The van der Waals surface area contributed by atoms with E-state index < -0.39 is 0 Å². The van der Waals surface area contributed by atoms with Gasteiger partial charge in [0, 0.05) is 24.0 Å². The molecular formula is C31H39N9O2S. The number of thiophene rings is 1. The highest BCUT2D eigenvalue weighted by molar-refractivity contribution is 7.16. The summed E-state index contributed by atoms with van der Waals surface area (Å²) >= 11 is 1.49. The van der Waals surface area contributed by atoms with E-state index in [0.29, 0.717) is 53.0 Å². The molecule has 3 unspecified atom stereocenters. The number of fused-ring (bicyclic) bond motifs is 2. The number of nitrogens with zero attached hydrogens (tertiary/aromatic N) is 8. The van der Waals surface area contributed by atoms with Crippen LogP contribution in [0.15, 0.2) is 10.7 Å². The molecule has 0 saturated carbocycles. The van der Waals surface area contributed by atoms with Gasteiger partial charge in [0.2, 0.25) is 0 Å². The minimum Gasteiger partial charge on any atom is -0.389 e. The zero-order chi connectivity index (χ0) is 29.7. The van der Waals surface area contributed by atoms with Crippen molar-refractivity contribution in [3.05, 3.63) is 33.5 Å². The Bertz CT molecular complexity index is 1680. The molecule has 0 bridgehead atoms. The standard InChI is InChI=1S/C31H39N9O2S/c1-4-7-24-25(20(12-32)28(33)43-24)22-16-41-17-23-26(37-42-27(22)23)29-35-30(39-11-5-8-18(2)14-39)21-13-34-40(31(21)36-29)15-19-9-6-10-38(19)3/h13,18-19,22H,4-11,14-17,33H2,1-3H3. The number of hydrogen-bond donors (Lipinski definition) is 1. The highest BCUT2D eigenvalue weighted by Crippen LogP contribution is 2.44. The van der Waals surface area contributed by atoms with Crippen LogP contribution in [0.2, 0.25) is 0 Å². The fourth-order valence-corrected chi connectivity index (χ4v) is 8.28. The first kappa shape index (κ1) is 28.3. The second-order valence-electron chi connectivity index (χ2n) is 12.4. The van der Waals surface area contributed by atoms with Crippen LogP contribution in [0, 0.1) is 17.2 Å². The molecule has 3 aliphatic rings. The number of nitrogens with two attached hydrogens (primary N) is 1. The first-order valence-electron chi connectivity index (χ1n) is 15.5. The minimum atomic E-state index is -0.260. The molecule has 7 heterocycles. The summed E-state index contributed by atoms with van der Waals surface area (Å²) in [5, 5.41) is 20.9. The third kappa shape index (κ3) is 4.97. The van der Waals surface area contributed by atoms with Crippen LogP contribution in [0.25, 0.3) is 22.6 Å². The Morgan fingerprint density at radius 1 is 1.21 bits per heavy atom. The predicted molar refractivity (Wildman–Crippen MR) is 166 cm³/mol. The second kappa shape index (κ2) is 11.5. The van der Waals surface area contributed by atoms with Gasteiger partial charge in [-0.3, -0.25) is 0 Å². The Balaban J connectivity index is 1.34. The van der Waals surface area contributed by atoms with Gasteiger partial charge in [-0.1, -0.05) is 25.4 Å². The van der Waals surface area contributed by atoms with Crippen molar-refractivity contribution in [3.63, 3.8) is 0 Å². The maximum absolute atomic E-state index is 9.99. The van der Waals surface area contributed by atoms with Crippen LogP contribution in [0.5, 0.6) is 0 Å². The van der Waals surface area contributed by atoms with E-state index in [4.69, 9.17) is 30.1 Å². The lowest BCUT2D eigenvalue weighted by Gasteiger charge is -2.32. The monoisotopic (exact) mass is 601 g/mol. The molecule has 12 heteroatoms. The van der Waals surface area contributed by atoms with Gasteiger partial charge in [-0.2, -0.15) is 10.4 Å². The van der Waals surface area contributed by atoms with Crippen molar-refractivity contribution >= 4 is 33.2 Å². The van der Waals surface area contributed by atoms with Gasteiger partial charge in [-0.05, 0) is 57.2 Å². The van der Waals surface area contributed by atoms with E-state index in [2.05, 4.69) is 41.9 Å². The summed E-state index contributed by atoms with van der Waals surface area (Å²) in [7, 11) is 2.19. The molecule has 2 saturated heterocycles. The van der Waals surface area contributed by atoms with E-state index in [1.54, 1.807) is 0 Å². The molecule has 0 spiro atoms. The van der Waals surface area contributed by atoms with Crippen LogP contribution in [-0.4, -0.2) is 69.1 Å². The van der Waals surface area contributed by atoms with Gasteiger partial charge in [0.1, 0.15) is 16.9 Å². The number of nitriles is 1. The number of rotatable bonds is 7. The first-order valence-corrected chi connectivity index (χ1v) is 16.3. The molecule has 7 rings (SSSR count). The average Bonchev–Trinajstić information content (AvgIpc) is 3.79. The van der Waals surface area contributed by atoms with Crippen LogP contribution in [-0.2, 0) is 24.3 Å². The highest BCUT2D eigenvalue weighted by Gasteiger charge is 2.36. The molecule has 0 amide bonds. The third-order valence-corrected chi connectivity index (χ3v) is 10.4. The molecule has 0 radical (unpaired) electrons. The maximum atomic E-state index is 9.99. The number of anilines is 2. The summed E-state index contributed by atoms with van der Waals surface area (Å²) in [6.07, 6.45) is 8.43. The number of likely N-dealkylation sites (N-methyl/N-ethyl adjacent to an activating group) is 1. The summed E-state index contributed by atoms with van der Waals surface area (Å²) < 4.78 is 14.3. The largest absolute Gasteiger partial charge is 0.389 e. The highest BCUT2D eigenvalue weighted by atomic mass is 32.1. The first-order chi connectivity index (χ1) is 21.0. The van der Waals surface area contributed by atoms with Crippen molar-refractivity contribution in [2.24, 2.45) is 5.92 Å². The van der Waals surface area contributed by atoms with Gasteiger partial charge in [0.15, 0.2) is 22.9 Å². The SMILES string of the molecule is CCCc1sc(N)c(C#N)c1C1COCc2c(-c3nc(N4CCCC(C)C4)c4cnn(CC5CCCN5C)c4n3)noc21. The Morgan fingerprint density at radius 2 is 2.07 bits per heavy atom. The maximum Gasteiger partial charge on any atom is 0.186 e. The van der Waals surface area contributed by atoms with Crippen LogP contribution in [0.4, 0.5) is 10.8 Å². The van der Waals surface area contributed by atoms with Crippen LogP contribution < -0.4 is 10.6 Å². The fraction of sp³-hybridized carbons (Fsp3) is 0.581. The van der Waals surface area contributed by atoms with Crippen molar-refractivity contribution in [2.45, 2.75) is 77.5 Å². The van der Waals surface area contributed by atoms with Crippen molar-refractivity contribution < 1.29 is 9.26 Å². The predicted octanol–water partition coefficient (Wildman–Crippen LogP) is 4.94. The topological polar surface area (TPSA) is 135 Å². The lowest BCUT2D eigenvalue weighted by atomic mass is 9.89. The summed E-state index contributed by atoms with van der Waals surface area (Å²) in [6.45, 7) is 8.97. The molecule has 226 valence electrons. The Labute approximate surface area is 255 Å². The number of aromatic nitrogens is 5. The normalized spacial score (nSPS) is 22.7. The Kier molecular flexibility index (Phi) is 7.57. The van der Waals surface area contributed by atoms with Gasteiger partial charge in [-0.25, -0.2) is 14.6 Å². The number of likely N-dealkylation sites (tertiary alicyclic amines) is 1. The number of aryl methyl sites for hydroxylation is 1. The van der Waals surface area contributed by atoms with Crippen LogP contribution in [0.1, 0.15) is 79.2 Å². The van der Waals surface area contributed by atoms with E-state index in [1.165, 1.54) is 24.2 Å². The van der Waals surface area contributed by atoms with E-state index in [-0.39, 0.29) is 5.92 Å². The van der Waals surface area contributed by atoms with Gasteiger partial charge in [-0.15, -0.1) is 11.3 Å². The van der Waals surface area contributed by atoms with Gasteiger partial charge in [0.05, 0.1) is 48.4 Å². The molecule has 4 aromatic rings. The van der Waals surface area contributed by atoms with Crippen molar-refractivity contribution in [2.75, 3.05) is 43.9 Å². The number of ether oxygens (including phenoxy) is 1. The van der Waals surface area contributed by atoms with Crippen LogP contribution in [0.3, 0.4) is 0 Å². The lowest BCUT2D eigenvalue weighted by molar-refractivity contribution is 0.0901. The van der Waals surface area contributed by atoms with Crippen molar-refractivity contribution in [1.82, 2.24) is 29.8 Å². The van der Waals surface area contributed by atoms with Crippen molar-refractivity contribution in [1.29, 1.82) is 5.26 Å². The second-order valence-corrected chi connectivity index (χ2v) is 13.5. The third-order valence-electron chi connectivity index (χ3n) is 9.35. The molecule has 0 aromatic carbocycles. The smallest absolute Gasteiger partial charge is 0.186 e. The van der Waals surface area contributed by atoms with Gasteiger partial charge >= 0.3 is 0 Å². The summed E-state index contributed by atoms with van der Waals surface area (Å²) in [6, 6.07) is 2.77. The quantitative estimate of drug-likeness (QED) is 0.310. The van der Waals surface area contributed by atoms with Crippen molar-refractivity contribution in [3.8, 4) is 17.6 Å². The molecule has 4 aromatic heterocycles. The number of piperidine rings is 1. The molecular weight excluding hydrogens is 562 g/mol. The van der Waals surface area contributed by atoms with Crippen LogP contribution >= 0.6 is 11.3 Å². The molecule has 2 fully saturated rings. The zero-order valence-corrected chi connectivity index (χ0v) is 26.0. The molecule has 2 N–H and O–H groups in total. The van der Waals surface area contributed by atoms with E-state index in [0.717, 1.165) is 84.7 Å². The summed E-state index contributed by atoms with van der Waals surface area (Å²) in [5.74, 6) is 2.47. The Hall–Kier alpha value is -3.53.